The average molecular weight is 538 g/mol. The largest absolute Gasteiger partial charge is 0.497 e. The van der Waals surface area contributed by atoms with Crippen molar-refractivity contribution in [3.8, 4) is 5.75 Å². The molecule has 6 heteroatoms. The number of nitrogens with one attached hydrogen (secondary N) is 2. The van der Waals surface area contributed by atoms with Crippen LogP contribution in [0, 0.1) is 6.92 Å². The molecule has 208 valence electrons. The predicted octanol–water partition coefficient (Wildman–Crippen LogP) is 5.51. The van der Waals surface area contributed by atoms with Crippen LogP contribution in [0.25, 0.3) is 0 Å². The topological polar surface area (TPSA) is 96.6 Å². The van der Waals surface area contributed by atoms with Gasteiger partial charge < -0.3 is 20.9 Å². The van der Waals surface area contributed by atoms with Gasteiger partial charge in [0.2, 0.25) is 5.91 Å². The van der Waals surface area contributed by atoms with Crippen LogP contribution in [0.4, 0.5) is 5.69 Å². The molecule has 1 amide bonds. The zero-order valence-corrected chi connectivity index (χ0v) is 23.3. The number of aliphatic hydroxyl groups is 1. The standard InChI is InChI=1S/C34H39N3O3/c1-25-23-30(19-16-26(25)24-38)37-33(39)32(35)15-9-10-22-36-34(27-11-5-3-6-12-27,28-13-7-4-8-14-28)29-17-20-31(40-2)21-18-29/h3-8,11-14,16-21,23,32,36,38H,9-10,15,22,24,35H2,1-2H3,(H,37,39)/t32-/m0/s1. The third-order valence-electron chi connectivity index (χ3n) is 7.39. The maximum absolute atomic E-state index is 12.7. The van der Waals surface area contributed by atoms with E-state index in [-0.39, 0.29) is 12.5 Å². The number of nitrogens with two attached hydrogens (primary N) is 1. The molecule has 4 aromatic rings. The first-order valence-corrected chi connectivity index (χ1v) is 13.8. The molecule has 0 saturated heterocycles. The Morgan fingerprint density at radius 2 is 1.48 bits per heavy atom. The van der Waals surface area contributed by atoms with Gasteiger partial charge in [0, 0.05) is 5.69 Å². The van der Waals surface area contributed by atoms with Gasteiger partial charge in [-0.1, -0.05) is 85.3 Å². The van der Waals surface area contributed by atoms with Crippen LogP contribution >= 0.6 is 0 Å². The number of methoxy groups -OCH3 is 1. The van der Waals surface area contributed by atoms with Gasteiger partial charge in [0.1, 0.15) is 5.75 Å². The number of carbonyl (C=O) groups excluding carboxylic acids is 1. The Kier molecular flexibility index (Phi) is 10.1. The normalized spacial score (nSPS) is 12.1. The number of benzene rings is 4. The van der Waals surface area contributed by atoms with Crippen molar-refractivity contribution in [3.05, 3.63) is 131 Å². The molecule has 0 unspecified atom stereocenters. The van der Waals surface area contributed by atoms with Gasteiger partial charge in [-0.2, -0.15) is 0 Å². The molecule has 0 spiro atoms. The molecule has 40 heavy (non-hydrogen) atoms. The maximum Gasteiger partial charge on any atom is 0.241 e. The summed E-state index contributed by atoms with van der Waals surface area (Å²) in [4.78, 5) is 12.7. The van der Waals surface area contributed by atoms with Crippen LogP contribution in [-0.4, -0.2) is 30.7 Å². The summed E-state index contributed by atoms with van der Waals surface area (Å²) < 4.78 is 5.43. The van der Waals surface area contributed by atoms with Crippen LogP contribution < -0.4 is 21.1 Å². The van der Waals surface area contributed by atoms with Gasteiger partial charge in [-0.05, 0) is 78.4 Å². The van der Waals surface area contributed by atoms with E-state index in [9.17, 15) is 9.90 Å². The Labute approximate surface area is 237 Å². The van der Waals surface area contributed by atoms with Crippen molar-refractivity contribution in [1.82, 2.24) is 5.32 Å². The number of carbonyl (C=O) groups is 1. The van der Waals surface area contributed by atoms with Gasteiger partial charge in [0.15, 0.2) is 0 Å². The van der Waals surface area contributed by atoms with Crippen LogP contribution in [-0.2, 0) is 16.9 Å². The molecular formula is C34H39N3O3. The SMILES string of the molecule is COc1ccc(C(NCCCC[C@H](N)C(=O)Nc2ccc(CO)c(C)c2)(c2ccccc2)c2ccccc2)cc1. The maximum atomic E-state index is 12.7. The summed E-state index contributed by atoms with van der Waals surface area (Å²) in [5.74, 6) is 0.607. The highest BCUT2D eigenvalue weighted by molar-refractivity contribution is 5.94. The Morgan fingerprint density at radius 3 is 2.02 bits per heavy atom. The molecule has 0 aliphatic rings. The lowest BCUT2D eigenvalue weighted by atomic mass is 9.77. The number of hydrogen-bond donors (Lipinski definition) is 4. The summed E-state index contributed by atoms with van der Waals surface area (Å²) in [6.45, 7) is 2.61. The smallest absolute Gasteiger partial charge is 0.241 e. The van der Waals surface area contributed by atoms with E-state index >= 15 is 0 Å². The number of anilines is 1. The van der Waals surface area contributed by atoms with Crippen LogP contribution in [0.3, 0.4) is 0 Å². The summed E-state index contributed by atoms with van der Waals surface area (Å²) in [6, 6.07) is 34.0. The fourth-order valence-corrected chi connectivity index (χ4v) is 5.11. The molecular weight excluding hydrogens is 498 g/mol. The summed E-state index contributed by atoms with van der Waals surface area (Å²) in [6.07, 6.45) is 2.22. The predicted molar refractivity (Wildman–Crippen MR) is 161 cm³/mol. The summed E-state index contributed by atoms with van der Waals surface area (Å²) in [5, 5.41) is 16.1. The summed E-state index contributed by atoms with van der Waals surface area (Å²) in [5.41, 5.74) is 11.5. The van der Waals surface area contributed by atoms with E-state index in [0.29, 0.717) is 12.1 Å². The molecule has 5 N–H and O–H groups in total. The van der Waals surface area contributed by atoms with Crippen molar-refractivity contribution in [1.29, 1.82) is 0 Å². The second-order valence-corrected chi connectivity index (χ2v) is 10.0. The molecule has 0 aliphatic heterocycles. The molecule has 4 aromatic carbocycles. The van der Waals surface area contributed by atoms with Crippen LogP contribution in [0.15, 0.2) is 103 Å². The quantitative estimate of drug-likeness (QED) is 0.133. The second-order valence-electron chi connectivity index (χ2n) is 10.0. The van der Waals surface area contributed by atoms with Gasteiger partial charge in [-0.25, -0.2) is 0 Å². The van der Waals surface area contributed by atoms with E-state index < -0.39 is 11.6 Å². The highest BCUT2D eigenvalue weighted by atomic mass is 16.5. The van der Waals surface area contributed by atoms with Crippen molar-refractivity contribution in [2.75, 3.05) is 19.0 Å². The number of aliphatic hydroxyl groups excluding tert-OH is 1. The molecule has 6 nitrogen and oxygen atoms in total. The number of ether oxygens (including phenoxy) is 1. The number of unbranched alkanes of at least 4 members (excludes halogenated alkanes) is 1. The third-order valence-corrected chi connectivity index (χ3v) is 7.39. The number of rotatable bonds is 13. The minimum Gasteiger partial charge on any atom is -0.497 e. The first kappa shape index (κ1) is 29.0. The van der Waals surface area contributed by atoms with E-state index in [1.165, 1.54) is 0 Å². The Bertz CT molecular complexity index is 1320. The molecule has 4 rings (SSSR count). The lowest BCUT2D eigenvalue weighted by molar-refractivity contribution is -0.117. The molecule has 0 saturated carbocycles. The lowest BCUT2D eigenvalue weighted by Gasteiger charge is -2.37. The highest BCUT2D eigenvalue weighted by Gasteiger charge is 2.35. The highest BCUT2D eigenvalue weighted by Crippen LogP contribution is 2.37. The van der Waals surface area contributed by atoms with Crippen molar-refractivity contribution < 1.29 is 14.6 Å². The van der Waals surface area contributed by atoms with E-state index in [1.807, 2.05) is 43.3 Å². The number of aryl methyl sites for hydroxylation is 1. The van der Waals surface area contributed by atoms with Crippen LogP contribution in [0.5, 0.6) is 5.75 Å². The van der Waals surface area contributed by atoms with Gasteiger partial charge >= 0.3 is 0 Å². The van der Waals surface area contributed by atoms with Gasteiger partial charge in [0.25, 0.3) is 0 Å². The van der Waals surface area contributed by atoms with Gasteiger partial charge in [-0.15, -0.1) is 0 Å². The zero-order chi connectivity index (χ0) is 28.4. The first-order chi connectivity index (χ1) is 19.5. The van der Waals surface area contributed by atoms with Crippen LogP contribution in [0.1, 0.15) is 47.1 Å². The van der Waals surface area contributed by atoms with E-state index in [1.54, 1.807) is 13.2 Å². The summed E-state index contributed by atoms with van der Waals surface area (Å²) in [7, 11) is 1.67. The minimum absolute atomic E-state index is 0.0259. The summed E-state index contributed by atoms with van der Waals surface area (Å²) >= 11 is 0. The Morgan fingerprint density at radius 1 is 0.875 bits per heavy atom. The van der Waals surface area contributed by atoms with E-state index in [2.05, 4.69) is 71.3 Å². The average Bonchev–Trinajstić information content (AvgIpc) is 3.00. The lowest BCUT2D eigenvalue weighted by Crippen LogP contribution is -2.45. The van der Waals surface area contributed by atoms with Crippen molar-refractivity contribution in [3.63, 3.8) is 0 Å². The second kappa shape index (κ2) is 13.9. The molecule has 1 atom stereocenters. The molecule has 0 heterocycles. The number of amides is 1. The molecule has 0 bridgehead atoms. The molecule has 0 aliphatic carbocycles. The molecule has 0 aromatic heterocycles. The van der Waals surface area contributed by atoms with Gasteiger partial charge in [0.05, 0.1) is 25.3 Å². The van der Waals surface area contributed by atoms with E-state index in [4.69, 9.17) is 10.5 Å². The van der Waals surface area contributed by atoms with E-state index in [0.717, 1.165) is 53.0 Å². The third kappa shape index (κ3) is 6.77. The zero-order valence-electron chi connectivity index (χ0n) is 23.3. The molecule has 0 radical (unpaired) electrons. The van der Waals surface area contributed by atoms with Crippen molar-refractivity contribution in [2.45, 2.75) is 44.4 Å². The van der Waals surface area contributed by atoms with Crippen LogP contribution in [0.2, 0.25) is 0 Å². The Hall–Kier alpha value is -3.97. The van der Waals surface area contributed by atoms with Gasteiger partial charge in [-0.3, -0.25) is 10.1 Å². The Balaban J connectivity index is 1.45. The molecule has 0 fully saturated rings. The monoisotopic (exact) mass is 537 g/mol. The fraction of sp³-hybridized carbons (Fsp3) is 0.265. The first-order valence-electron chi connectivity index (χ1n) is 13.8. The fourth-order valence-electron chi connectivity index (χ4n) is 5.11. The number of hydrogen-bond acceptors (Lipinski definition) is 5. The minimum atomic E-state index is -0.604. The van der Waals surface area contributed by atoms with Crippen molar-refractivity contribution >= 4 is 11.6 Å². The van der Waals surface area contributed by atoms with Crippen molar-refractivity contribution in [2.24, 2.45) is 5.73 Å².